The third-order valence-electron chi connectivity index (χ3n) is 2.97. The highest BCUT2D eigenvalue weighted by molar-refractivity contribution is 5.61. The maximum atomic E-state index is 12.9. The van der Waals surface area contributed by atoms with Gasteiger partial charge in [-0.05, 0) is 35.4 Å². The van der Waals surface area contributed by atoms with Crippen molar-refractivity contribution in [2.75, 3.05) is 0 Å². The summed E-state index contributed by atoms with van der Waals surface area (Å²) in [6.45, 7) is 0. The van der Waals surface area contributed by atoms with Crippen molar-refractivity contribution in [2.24, 2.45) is 0 Å². The van der Waals surface area contributed by atoms with Gasteiger partial charge in [-0.25, -0.2) is 4.39 Å². The molecule has 0 spiro atoms. The molecule has 0 N–H and O–H groups in total. The molecule has 0 bridgehead atoms. The molecule has 0 unspecified atom stereocenters. The number of halogens is 1. The first-order chi connectivity index (χ1) is 9.33. The summed E-state index contributed by atoms with van der Waals surface area (Å²) in [5.41, 5.74) is 3.18. The van der Waals surface area contributed by atoms with Gasteiger partial charge < -0.3 is 0 Å². The largest absolute Gasteiger partial charge is 0.265 e. The van der Waals surface area contributed by atoms with Crippen LogP contribution in [0.25, 0.3) is 16.8 Å². The Morgan fingerprint density at radius 3 is 1.95 bits per heavy atom. The summed E-state index contributed by atoms with van der Waals surface area (Å²) in [6.07, 6.45) is 7.47. The van der Waals surface area contributed by atoms with Gasteiger partial charge in [0.2, 0.25) is 5.69 Å². The van der Waals surface area contributed by atoms with Crippen LogP contribution in [-0.2, 0) is 0 Å². The molecule has 0 atom stereocenters. The van der Waals surface area contributed by atoms with Gasteiger partial charge in [0, 0.05) is 36.7 Å². The van der Waals surface area contributed by atoms with E-state index in [9.17, 15) is 4.39 Å². The number of nitrogens with zero attached hydrogens (tertiary/aromatic N) is 2. The molecule has 2 heterocycles. The zero-order chi connectivity index (χ0) is 13.1. The predicted octanol–water partition coefficient (Wildman–Crippen LogP) is 3.16. The minimum Gasteiger partial charge on any atom is -0.265 e. The smallest absolute Gasteiger partial charge is 0.210 e. The molecule has 2 nitrogen and oxygen atoms in total. The van der Waals surface area contributed by atoms with E-state index in [1.165, 1.54) is 12.1 Å². The lowest BCUT2D eigenvalue weighted by Gasteiger charge is -2.00. The number of hydrogen-bond donors (Lipinski definition) is 0. The standard InChI is InChI=1S/C16H12FN2/c17-15-1-3-16(4-2-15)19-11-7-14(8-12-19)13-5-9-18-10-6-13/h1-12H/q+1. The van der Waals surface area contributed by atoms with Crippen LogP contribution >= 0.6 is 0 Å². The van der Waals surface area contributed by atoms with E-state index in [1.54, 1.807) is 24.5 Å². The molecule has 0 radical (unpaired) electrons. The highest BCUT2D eigenvalue weighted by Gasteiger charge is 2.06. The second-order valence-electron chi connectivity index (χ2n) is 4.21. The molecular formula is C16H12FN2+. The van der Waals surface area contributed by atoms with Crippen LogP contribution in [0.4, 0.5) is 4.39 Å². The highest BCUT2D eigenvalue weighted by Crippen LogP contribution is 2.16. The molecule has 0 aliphatic carbocycles. The molecule has 0 saturated carbocycles. The fourth-order valence-corrected chi connectivity index (χ4v) is 1.95. The Balaban J connectivity index is 1.93. The average Bonchev–Trinajstić information content (AvgIpc) is 2.49. The van der Waals surface area contributed by atoms with E-state index in [4.69, 9.17) is 0 Å². The van der Waals surface area contributed by atoms with Crippen LogP contribution in [0, 0.1) is 5.82 Å². The van der Waals surface area contributed by atoms with Gasteiger partial charge in [0.25, 0.3) is 0 Å². The van der Waals surface area contributed by atoms with E-state index in [-0.39, 0.29) is 5.82 Å². The van der Waals surface area contributed by atoms with Gasteiger partial charge in [-0.1, -0.05) is 0 Å². The molecule has 3 aromatic rings. The van der Waals surface area contributed by atoms with Gasteiger partial charge in [0.15, 0.2) is 12.4 Å². The summed E-state index contributed by atoms with van der Waals surface area (Å²) in [7, 11) is 0. The summed E-state index contributed by atoms with van der Waals surface area (Å²) in [6, 6.07) is 14.4. The van der Waals surface area contributed by atoms with E-state index in [0.29, 0.717) is 0 Å². The van der Waals surface area contributed by atoms with Gasteiger partial charge in [0.1, 0.15) is 5.82 Å². The van der Waals surface area contributed by atoms with Crippen molar-refractivity contribution in [2.45, 2.75) is 0 Å². The molecule has 92 valence electrons. The van der Waals surface area contributed by atoms with Crippen molar-refractivity contribution in [3.63, 3.8) is 0 Å². The van der Waals surface area contributed by atoms with E-state index in [2.05, 4.69) is 4.98 Å². The SMILES string of the molecule is Fc1ccc(-[n+]2ccc(-c3ccncc3)cc2)cc1. The van der Waals surface area contributed by atoms with Crippen LogP contribution in [0.2, 0.25) is 0 Å². The number of rotatable bonds is 2. The first-order valence-corrected chi connectivity index (χ1v) is 6.00. The summed E-state index contributed by atoms with van der Waals surface area (Å²) in [4.78, 5) is 4.00. The van der Waals surface area contributed by atoms with Gasteiger partial charge in [-0.3, -0.25) is 4.98 Å². The molecule has 0 aliphatic rings. The Bertz CT molecular complexity index is 661. The summed E-state index contributed by atoms with van der Waals surface area (Å²) in [5.74, 6) is -0.224. The summed E-state index contributed by atoms with van der Waals surface area (Å²) >= 11 is 0. The summed E-state index contributed by atoms with van der Waals surface area (Å²) in [5, 5.41) is 0. The van der Waals surface area contributed by atoms with E-state index < -0.39 is 0 Å². The van der Waals surface area contributed by atoms with E-state index in [0.717, 1.165) is 16.8 Å². The van der Waals surface area contributed by atoms with Crippen molar-refractivity contribution in [1.82, 2.24) is 4.98 Å². The minimum absolute atomic E-state index is 0.224. The monoisotopic (exact) mass is 251 g/mol. The Kier molecular flexibility index (Phi) is 3.02. The lowest BCUT2D eigenvalue weighted by atomic mass is 10.1. The molecule has 1 aromatic carbocycles. The molecule has 0 aliphatic heterocycles. The topological polar surface area (TPSA) is 16.8 Å². The fourth-order valence-electron chi connectivity index (χ4n) is 1.95. The normalized spacial score (nSPS) is 10.4. The third-order valence-corrected chi connectivity index (χ3v) is 2.97. The third kappa shape index (κ3) is 2.50. The van der Waals surface area contributed by atoms with Crippen molar-refractivity contribution in [3.05, 3.63) is 79.1 Å². The Morgan fingerprint density at radius 1 is 0.737 bits per heavy atom. The average molecular weight is 251 g/mol. The number of benzene rings is 1. The van der Waals surface area contributed by atoms with Gasteiger partial charge in [-0.15, -0.1) is 0 Å². The number of hydrogen-bond acceptors (Lipinski definition) is 1. The van der Waals surface area contributed by atoms with E-state index in [1.807, 2.05) is 41.2 Å². The first-order valence-electron chi connectivity index (χ1n) is 6.00. The molecule has 2 aromatic heterocycles. The molecule has 0 amide bonds. The molecule has 0 fully saturated rings. The van der Waals surface area contributed by atoms with Crippen LogP contribution in [0.1, 0.15) is 0 Å². The maximum Gasteiger partial charge on any atom is 0.210 e. The second-order valence-corrected chi connectivity index (χ2v) is 4.21. The maximum absolute atomic E-state index is 12.9. The number of pyridine rings is 2. The van der Waals surface area contributed by atoms with Crippen LogP contribution in [-0.4, -0.2) is 4.98 Å². The molecule has 19 heavy (non-hydrogen) atoms. The minimum atomic E-state index is -0.224. The van der Waals surface area contributed by atoms with Gasteiger partial charge in [-0.2, -0.15) is 4.57 Å². The lowest BCUT2D eigenvalue weighted by Crippen LogP contribution is -2.28. The van der Waals surface area contributed by atoms with Crippen LogP contribution in [0.15, 0.2) is 73.3 Å². The fraction of sp³-hybridized carbons (Fsp3) is 0. The Hall–Kier alpha value is -2.55. The zero-order valence-electron chi connectivity index (χ0n) is 10.2. The molecule has 0 saturated heterocycles. The van der Waals surface area contributed by atoms with Crippen molar-refractivity contribution >= 4 is 0 Å². The van der Waals surface area contributed by atoms with Gasteiger partial charge >= 0.3 is 0 Å². The number of aromatic nitrogens is 2. The first kappa shape index (κ1) is 11.5. The van der Waals surface area contributed by atoms with Crippen LogP contribution in [0.3, 0.4) is 0 Å². The van der Waals surface area contributed by atoms with E-state index >= 15 is 0 Å². The zero-order valence-corrected chi connectivity index (χ0v) is 10.2. The lowest BCUT2D eigenvalue weighted by molar-refractivity contribution is -0.595. The second kappa shape index (κ2) is 4.98. The Morgan fingerprint density at radius 2 is 1.32 bits per heavy atom. The van der Waals surface area contributed by atoms with Crippen LogP contribution in [0.5, 0.6) is 0 Å². The predicted molar refractivity (Wildman–Crippen MR) is 71.2 cm³/mol. The Labute approximate surface area is 110 Å². The van der Waals surface area contributed by atoms with Crippen molar-refractivity contribution < 1.29 is 8.96 Å². The molecule has 3 rings (SSSR count). The van der Waals surface area contributed by atoms with Crippen molar-refractivity contribution in [3.8, 4) is 16.8 Å². The highest BCUT2D eigenvalue weighted by atomic mass is 19.1. The molecule has 3 heteroatoms. The van der Waals surface area contributed by atoms with Gasteiger partial charge in [0.05, 0.1) is 0 Å². The molecular weight excluding hydrogens is 239 g/mol. The van der Waals surface area contributed by atoms with Crippen LogP contribution < -0.4 is 4.57 Å². The van der Waals surface area contributed by atoms with Crippen molar-refractivity contribution in [1.29, 1.82) is 0 Å². The summed E-state index contributed by atoms with van der Waals surface area (Å²) < 4.78 is 14.8. The quantitative estimate of drug-likeness (QED) is 0.639.